The minimum Gasteiger partial charge on any atom is -0.456 e. The lowest BCUT2D eigenvalue weighted by Crippen LogP contribution is -2.12. The minimum atomic E-state index is -0.592. The Morgan fingerprint density at radius 1 is 1.20 bits per heavy atom. The molecule has 0 atom stereocenters. The van der Waals surface area contributed by atoms with E-state index in [1.54, 1.807) is 24.3 Å². The van der Waals surface area contributed by atoms with Crippen LogP contribution < -0.4 is 10.5 Å². The van der Waals surface area contributed by atoms with Gasteiger partial charge in [0.05, 0.1) is 17.1 Å². The summed E-state index contributed by atoms with van der Waals surface area (Å²) in [6, 6.07) is 9.33. The van der Waals surface area contributed by atoms with Gasteiger partial charge in [-0.05, 0) is 24.3 Å². The van der Waals surface area contributed by atoms with Crippen molar-refractivity contribution in [2.24, 2.45) is 5.73 Å². The number of hydrogen-bond donors (Lipinski definition) is 2. The van der Waals surface area contributed by atoms with Gasteiger partial charge in [-0.15, -0.1) is 0 Å². The van der Waals surface area contributed by atoms with Crippen LogP contribution in [0.15, 0.2) is 42.6 Å². The number of aromatic nitrogens is 2. The maximum absolute atomic E-state index is 13.5. The fourth-order valence-electron chi connectivity index (χ4n) is 1.94. The molecule has 100 valence electrons. The van der Waals surface area contributed by atoms with Crippen LogP contribution in [-0.2, 0) is 0 Å². The van der Waals surface area contributed by atoms with Crippen molar-refractivity contribution in [3.05, 3.63) is 54.0 Å². The zero-order chi connectivity index (χ0) is 14.1. The number of fused-ring (bicyclic) bond motifs is 1. The summed E-state index contributed by atoms with van der Waals surface area (Å²) < 4.78 is 19.2. The molecule has 0 saturated heterocycles. The van der Waals surface area contributed by atoms with Crippen LogP contribution in [0.5, 0.6) is 11.5 Å². The predicted octanol–water partition coefficient (Wildman–Crippen LogP) is 2.59. The van der Waals surface area contributed by atoms with E-state index >= 15 is 0 Å². The Morgan fingerprint density at radius 3 is 2.80 bits per heavy atom. The van der Waals surface area contributed by atoms with Gasteiger partial charge >= 0.3 is 0 Å². The molecule has 0 unspecified atom stereocenters. The average molecular weight is 271 g/mol. The summed E-state index contributed by atoms with van der Waals surface area (Å²) >= 11 is 0. The van der Waals surface area contributed by atoms with Gasteiger partial charge in [0, 0.05) is 0 Å². The summed E-state index contributed by atoms with van der Waals surface area (Å²) in [7, 11) is 0. The Bertz CT molecular complexity index is 798. The van der Waals surface area contributed by atoms with Crippen LogP contribution in [0.4, 0.5) is 4.39 Å². The third kappa shape index (κ3) is 1.97. The van der Waals surface area contributed by atoms with Crippen molar-refractivity contribution in [1.29, 1.82) is 0 Å². The maximum Gasteiger partial charge on any atom is 0.252 e. The van der Waals surface area contributed by atoms with Gasteiger partial charge in [0.2, 0.25) is 0 Å². The number of ether oxygens (including phenoxy) is 1. The fourth-order valence-corrected chi connectivity index (χ4v) is 1.94. The van der Waals surface area contributed by atoms with Gasteiger partial charge in [-0.3, -0.25) is 9.89 Å². The van der Waals surface area contributed by atoms with Crippen molar-refractivity contribution in [2.75, 3.05) is 0 Å². The average Bonchev–Trinajstić information content (AvgIpc) is 2.93. The first-order chi connectivity index (χ1) is 9.66. The molecule has 0 saturated carbocycles. The Hall–Kier alpha value is -2.89. The number of halogens is 1. The number of aromatic amines is 1. The van der Waals surface area contributed by atoms with Crippen molar-refractivity contribution >= 4 is 16.8 Å². The van der Waals surface area contributed by atoms with Gasteiger partial charge in [-0.2, -0.15) is 5.10 Å². The molecule has 0 spiro atoms. The molecule has 0 aliphatic rings. The number of rotatable bonds is 3. The van der Waals surface area contributed by atoms with E-state index < -0.39 is 11.7 Å². The number of H-pyrrole nitrogens is 1. The fraction of sp³-hybridized carbons (Fsp3) is 0. The molecule has 0 aliphatic heterocycles. The molecule has 5 nitrogen and oxygen atoms in total. The smallest absolute Gasteiger partial charge is 0.252 e. The quantitative estimate of drug-likeness (QED) is 0.768. The largest absolute Gasteiger partial charge is 0.456 e. The molecule has 0 bridgehead atoms. The molecule has 3 aromatic rings. The van der Waals surface area contributed by atoms with E-state index in [0.717, 1.165) is 0 Å². The van der Waals surface area contributed by atoms with E-state index in [1.807, 2.05) is 0 Å². The van der Waals surface area contributed by atoms with Crippen LogP contribution in [0.2, 0.25) is 0 Å². The maximum atomic E-state index is 13.5. The molecule has 2 aromatic carbocycles. The molecule has 1 heterocycles. The third-order valence-corrected chi connectivity index (χ3v) is 2.90. The van der Waals surface area contributed by atoms with Crippen LogP contribution in [0.1, 0.15) is 10.4 Å². The number of para-hydroxylation sites is 1. The summed E-state index contributed by atoms with van der Waals surface area (Å²) in [5.74, 6) is -0.308. The van der Waals surface area contributed by atoms with Gasteiger partial charge in [0.15, 0.2) is 0 Å². The lowest BCUT2D eigenvalue weighted by atomic mass is 10.2. The molecular formula is C14H10FN3O2. The molecule has 0 aliphatic carbocycles. The van der Waals surface area contributed by atoms with E-state index in [2.05, 4.69) is 10.2 Å². The molecule has 1 aromatic heterocycles. The van der Waals surface area contributed by atoms with E-state index in [0.29, 0.717) is 16.9 Å². The molecule has 0 fully saturated rings. The number of primary amides is 1. The number of amides is 1. The Labute approximate surface area is 113 Å². The third-order valence-electron chi connectivity index (χ3n) is 2.90. The molecule has 3 N–H and O–H groups in total. The molecule has 6 heteroatoms. The summed E-state index contributed by atoms with van der Waals surface area (Å²) in [5, 5.41) is 6.83. The van der Waals surface area contributed by atoms with Gasteiger partial charge in [0.1, 0.15) is 22.8 Å². The lowest BCUT2D eigenvalue weighted by Gasteiger charge is -2.09. The molecule has 0 radical (unpaired) electrons. The second kappa shape index (κ2) is 4.65. The topological polar surface area (TPSA) is 81.0 Å². The molecule has 1 amide bonds. The van der Waals surface area contributed by atoms with Crippen molar-refractivity contribution < 1.29 is 13.9 Å². The van der Waals surface area contributed by atoms with Crippen molar-refractivity contribution in [1.82, 2.24) is 10.2 Å². The summed E-state index contributed by atoms with van der Waals surface area (Å²) in [6.07, 6.45) is 1.46. The van der Waals surface area contributed by atoms with Crippen molar-refractivity contribution in [3.63, 3.8) is 0 Å². The summed E-state index contributed by atoms with van der Waals surface area (Å²) in [4.78, 5) is 11.3. The van der Waals surface area contributed by atoms with E-state index in [1.165, 1.54) is 18.3 Å². The van der Waals surface area contributed by atoms with Gasteiger partial charge in [0.25, 0.3) is 5.91 Å². The summed E-state index contributed by atoms with van der Waals surface area (Å²) in [5.41, 5.74) is 5.79. The standard InChI is InChI=1S/C14H10FN3O2/c15-10-5-6-12(9-7-17-18-13(9)10)20-11-4-2-1-3-8(11)14(16)19/h1-7H,(H2,16,19)(H,17,18). The lowest BCUT2D eigenvalue weighted by molar-refractivity contribution is 0.0998. The first-order valence-electron chi connectivity index (χ1n) is 5.85. The van der Waals surface area contributed by atoms with Crippen molar-refractivity contribution in [3.8, 4) is 11.5 Å². The second-order valence-electron chi connectivity index (χ2n) is 4.17. The zero-order valence-electron chi connectivity index (χ0n) is 10.3. The minimum absolute atomic E-state index is 0.249. The Kier molecular flexibility index (Phi) is 2.83. The summed E-state index contributed by atoms with van der Waals surface area (Å²) in [6.45, 7) is 0. The number of carbonyl (C=O) groups excluding carboxylic acids is 1. The van der Waals surface area contributed by atoms with Crippen LogP contribution in [0, 0.1) is 5.82 Å². The van der Waals surface area contributed by atoms with E-state index in [-0.39, 0.29) is 11.1 Å². The van der Waals surface area contributed by atoms with Crippen LogP contribution in [-0.4, -0.2) is 16.1 Å². The van der Waals surface area contributed by atoms with Crippen LogP contribution >= 0.6 is 0 Å². The van der Waals surface area contributed by atoms with E-state index in [4.69, 9.17) is 10.5 Å². The highest BCUT2D eigenvalue weighted by molar-refractivity contribution is 5.96. The Balaban J connectivity index is 2.08. The van der Waals surface area contributed by atoms with Crippen molar-refractivity contribution in [2.45, 2.75) is 0 Å². The number of carbonyl (C=O) groups is 1. The number of nitrogens with one attached hydrogen (secondary N) is 1. The normalized spacial score (nSPS) is 10.7. The monoisotopic (exact) mass is 271 g/mol. The van der Waals surface area contributed by atoms with Gasteiger partial charge in [-0.1, -0.05) is 12.1 Å². The van der Waals surface area contributed by atoms with Gasteiger partial charge < -0.3 is 10.5 Å². The van der Waals surface area contributed by atoms with Crippen LogP contribution in [0.25, 0.3) is 10.9 Å². The molecule has 3 rings (SSSR count). The number of benzene rings is 2. The van der Waals surface area contributed by atoms with E-state index in [9.17, 15) is 9.18 Å². The highest BCUT2D eigenvalue weighted by Gasteiger charge is 2.13. The number of nitrogens with zero attached hydrogens (tertiary/aromatic N) is 1. The SMILES string of the molecule is NC(=O)c1ccccc1Oc1ccc(F)c2[nH]ncc12. The first kappa shape index (κ1) is 12.2. The number of nitrogens with two attached hydrogens (primary N) is 1. The highest BCUT2D eigenvalue weighted by Crippen LogP contribution is 2.31. The Morgan fingerprint density at radius 2 is 2.00 bits per heavy atom. The zero-order valence-corrected chi connectivity index (χ0v) is 10.3. The van der Waals surface area contributed by atoms with Crippen LogP contribution in [0.3, 0.4) is 0 Å². The molecular weight excluding hydrogens is 261 g/mol. The second-order valence-corrected chi connectivity index (χ2v) is 4.17. The highest BCUT2D eigenvalue weighted by atomic mass is 19.1. The van der Waals surface area contributed by atoms with Gasteiger partial charge in [-0.25, -0.2) is 4.39 Å². The molecule has 20 heavy (non-hydrogen) atoms. The predicted molar refractivity (Wildman–Crippen MR) is 71.1 cm³/mol. The number of hydrogen-bond acceptors (Lipinski definition) is 3. The first-order valence-corrected chi connectivity index (χ1v) is 5.85.